The summed E-state index contributed by atoms with van der Waals surface area (Å²) < 4.78 is 0. The molecule has 5 aromatic rings. The first-order valence-electron chi connectivity index (χ1n) is 10.2. The topological polar surface area (TPSA) is 78.5 Å². The second-order valence-electron chi connectivity index (χ2n) is 7.21. The van der Waals surface area contributed by atoms with E-state index >= 15 is 0 Å². The highest BCUT2D eigenvalue weighted by Gasteiger charge is 2.05. The first-order chi connectivity index (χ1) is 15.3. The number of aromatic nitrogens is 4. The Morgan fingerprint density at radius 2 is 1.90 bits per heavy atom. The third-order valence-corrected chi connectivity index (χ3v) is 5.85. The van der Waals surface area contributed by atoms with Crippen molar-refractivity contribution in [3.8, 4) is 10.7 Å². The fraction of sp³-hybridized carbons (Fsp3) is 0.125. The Bertz CT molecular complexity index is 1260. The summed E-state index contributed by atoms with van der Waals surface area (Å²) in [7, 11) is 0. The molecule has 1 aromatic carbocycles. The van der Waals surface area contributed by atoms with E-state index in [1.165, 1.54) is 16.5 Å². The number of H-pyrrole nitrogens is 1. The second kappa shape index (κ2) is 9.07. The van der Waals surface area contributed by atoms with Crippen LogP contribution in [-0.4, -0.2) is 26.5 Å². The Balaban J connectivity index is 1.14. The molecule has 0 saturated heterocycles. The average Bonchev–Trinajstić information content (AvgIpc) is 3.49. The summed E-state index contributed by atoms with van der Waals surface area (Å²) in [6, 6.07) is 18.3. The highest BCUT2D eigenvalue weighted by atomic mass is 32.1. The fourth-order valence-corrected chi connectivity index (χ4v) is 4.11. The van der Waals surface area contributed by atoms with Gasteiger partial charge in [-0.05, 0) is 48.4 Å². The number of hydrogen-bond acceptors (Lipinski definition) is 6. The molecule has 0 bridgehead atoms. The van der Waals surface area contributed by atoms with Crippen LogP contribution in [0.3, 0.4) is 0 Å². The lowest BCUT2D eigenvalue weighted by Crippen LogP contribution is -2.16. The van der Waals surface area contributed by atoms with Gasteiger partial charge in [0, 0.05) is 41.4 Å². The molecular weight excluding hydrogens is 404 g/mol. The van der Waals surface area contributed by atoms with Gasteiger partial charge in [0.25, 0.3) is 0 Å². The van der Waals surface area contributed by atoms with Crippen molar-refractivity contribution in [2.75, 3.05) is 11.9 Å². The molecule has 0 unspecified atom stereocenters. The highest BCUT2D eigenvalue weighted by Crippen LogP contribution is 2.22. The van der Waals surface area contributed by atoms with Gasteiger partial charge in [-0.3, -0.25) is 0 Å². The maximum Gasteiger partial charge on any atom is 0.141 e. The van der Waals surface area contributed by atoms with E-state index in [1.54, 1.807) is 17.5 Å². The Labute approximate surface area is 184 Å². The van der Waals surface area contributed by atoms with Crippen LogP contribution in [-0.2, 0) is 13.0 Å². The molecule has 0 spiro atoms. The number of rotatable bonds is 8. The van der Waals surface area contributed by atoms with Crippen LogP contribution in [0.1, 0.15) is 11.1 Å². The van der Waals surface area contributed by atoms with Crippen LogP contribution in [0.2, 0.25) is 0 Å². The number of thiazole rings is 1. The zero-order valence-electron chi connectivity index (χ0n) is 16.9. The first-order valence-corrected chi connectivity index (χ1v) is 11.1. The van der Waals surface area contributed by atoms with Crippen LogP contribution in [0.5, 0.6) is 0 Å². The van der Waals surface area contributed by atoms with Gasteiger partial charge >= 0.3 is 0 Å². The molecule has 0 aliphatic carbocycles. The first kappa shape index (κ1) is 19.4. The van der Waals surface area contributed by atoms with Crippen molar-refractivity contribution < 1.29 is 0 Å². The van der Waals surface area contributed by atoms with Gasteiger partial charge in [0.2, 0.25) is 0 Å². The molecule has 0 fully saturated rings. The average molecular weight is 427 g/mol. The molecule has 0 atom stereocenters. The van der Waals surface area contributed by atoms with E-state index in [0.29, 0.717) is 0 Å². The summed E-state index contributed by atoms with van der Waals surface area (Å²) >= 11 is 1.58. The lowest BCUT2D eigenvalue weighted by Gasteiger charge is -2.08. The van der Waals surface area contributed by atoms with Gasteiger partial charge in [-0.2, -0.15) is 0 Å². The van der Waals surface area contributed by atoms with E-state index in [-0.39, 0.29) is 0 Å². The predicted octanol–water partition coefficient (Wildman–Crippen LogP) is 5.16. The van der Waals surface area contributed by atoms with Crippen molar-refractivity contribution in [3.63, 3.8) is 0 Å². The van der Waals surface area contributed by atoms with Gasteiger partial charge in [-0.1, -0.05) is 30.3 Å². The largest absolute Gasteiger partial charge is 0.361 e. The molecule has 154 valence electrons. The Hall–Kier alpha value is -3.55. The minimum absolute atomic E-state index is 0.754. The number of aromatic amines is 1. The molecule has 4 heterocycles. The SMILES string of the molecule is c1cc(Nc2ccc(CNCCc3c[nH]c4ccccc34)cn2)nc(-c2nccs2)c1. The van der Waals surface area contributed by atoms with E-state index in [9.17, 15) is 0 Å². The van der Waals surface area contributed by atoms with Crippen molar-refractivity contribution in [1.82, 2.24) is 25.3 Å². The second-order valence-corrected chi connectivity index (χ2v) is 8.10. The minimum atomic E-state index is 0.754. The van der Waals surface area contributed by atoms with Gasteiger partial charge in [0.1, 0.15) is 22.3 Å². The third kappa shape index (κ3) is 4.63. The Kier molecular flexibility index (Phi) is 5.68. The van der Waals surface area contributed by atoms with E-state index in [2.05, 4.69) is 67.1 Å². The number of nitrogens with zero attached hydrogens (tertiary/aromatic N) is 3. The number of fused-ring (bicyclic) bond motifs is 1. The lowest BCUT2D eigenvalue weighted by molar-refractivity contribution is 0.687. The van der Waals surface area contributed by atoms with Crippen molar-refractivity contribution in [3.05, 3.63) is 89.7 Å². The molecule has 5 rings (SSSR count). The number of hydrogen-bond donors (Lipinski definition) is 3. The zero-order valence-corrected chi connectivity index (χ0v) is 17.7. The van der Waals surface area contributed by atoms with E-state index < -0.39 is 0 Å². The maximum absolute atomic E-state index is 4.62. The number of para-hydroxylation sites is 1. The van der Waals surface area contributed by atoms with Crippen molar-refractivity contribution in [1.29, 1.82) is 0 Å². The molecular formula is C24H22N6S. The lowest BCUT2D eigenvalue weighted by atomic mass is 10.1. The van der Waals surface area contributed by atoms with E-state index in [1.807, 2.05) is 35.8 Å². The summed E-state index contributed by atoms with van der Waals surface area (Å²) in [6.45, 7) is 1.70. The molecule has 0 aliphatic rings. The molecule has 3 N–H and O–H groups in total. The molecule has 6 nitrogen and oxygen atoms in total. The number of anilines is 2. The maximum atomic E-state index is 4.62. The van der Waals surface area contributed by atoms with Crippen LogP contribution in [0.4, 0.5) is 11.6 Å². The van der Waals surface area contributed by atoms with Crippen LogP contribution in [0.15, 0.2) is 78.6 Å². The number of pyridine rings is 2. The number of benzene rings is 1. The van der Waals surface area contributed by atoms with E-state index in [0.717, 1.165) is 47.4 Å². The highest BCUT2D eigenvalue weighted by molar-refractivity contribution is 7.13. The summed E-state index contributed by atoms with van der Waals surface area (Å²) in [5.74, 6) is 1.52. The Morgan fingerprint density at radius 3 is 2.77 bits per heavy atom. The molecule has 0 amide bonds. The molecule has 7 heteroatoms. The van der Waals surface area contributed by atoms with E-state index in [4.69, 9.17) is 0 Å². The predicted molar refractivity (Wildman–Crippen MR) is 127 cm³/mol. The molecule has 0 saturated carbocycles. The molecule has 31 heavy (non-hydrogen) atoms. The van der Waals surface area contributed by atoms with Crippen molar-refractivity contribution >= 4 is 33.9 Å². The smallest absolute Gasteiger partial charge is 0.141 e. The van der Waals surface area contributed by atoms with Crippen LogP contribution in [0.25, 0.3) is 21.6 Å². The number of nitrogens with one attached hydrogen (secondary N) is 3. The van der Waals surface area contributed by atoms with Crippen LogP contribution >= 0.6 is 11.3 Å². The standard InChI is InChI=1S/C24H22N6S/c1-2-5-20-19(4-1)18(16-27-20)10-11-25-14-17-8-9-22(28-15-17)30-23-7-3-6-21(29-23)24-26-12-13-31-24/h1-9,12-13,15-16,25,27H,10-11,14H2,(H,28,29,30). The van der Waals surface area contributed by atoms with Gasteiger partial charge in [-0.15, -0.1) is 11.3 Å². The summed E-state index contributed by atoms with van der Waals surface area (Å²) in [6.07, 6.45) is 6.77. The summed E-state index contributed by atoms with van der Waals surface area (Å²) in [5, 5.41) is 10.9. The Morgan fingerprint density at radius 1 is 0.935 bits per heavy atom. The molecule has 0 radical (unpaired) electrons. The van der Waals surface area contributed by atoms with Crippen LogP contribution in [0, 0.1) is 0 Å². The normalized spacial score (nSPS) is 11.1. The van der Waals surface area contributed by atoms with Gasteiger partial charge in [-0.25, -0.2) is 15.0 Å². The zero-order chi connectivity index (χ0) is 20.9. The van der Waals surface area contributed by atoms with Crippen molar-refractivity contribution in [2.45, 2.75) is 13.0 Å². The van der Waals surface area contributed by atoms with Gasteiger partial charge in [0.05, 0.1) is 0 Å². The summed E-state index contributed by atoms with van der Waals surface area (Å²) in [5.41, 5.74) is 4.54. The third-order valence-electron chi connectivity index (χ3n) is 5.06. The van der Waals surface area contributed by atoms with Gasteiger partial charge in [0.15, 0.2) is 0 Å². The summed E-state index contributed by atoms with van der Waals surface area (Å²) in [4.78, 5) is 16.8. The van der Waals surface area contributed by atoms with Gasteiger partial charge < -0.3 is 15.6 Å². The molecule has 4 aromatic heterocycles. The quantitative estimate of drug-likeness (QED) is 0.299. The minimum Gasteiger partial charge on any atom is -0.361 e. The van der Waals surface area contributed by atoms with Crippen LogP contribution < -0.4 is 10.6 Å². The van der Waals surface area contributed by atoms with Crippen molar-refractivity contribution in [2.24, 2.45) is 0 Å². The molecule has 0 aliphatic heterocycles. The monoisotopic (exact) mass is 426 g/mol. The fourth-order valence-electron chi connectivity index (χ4n) is 3.50.